The Morgan fingerprint density at radius 1 is 0.571 bits per heavy atom. The number of hydrogen-bond acceptors (Lipinski definition) is 16. The molecule has 0 aromatic rings. The highest BCUT2D eigenvalue weighted by Gasteiger charge is 2.49. The van der Waals surface area contributed by atoms with Crippen LogP contribution in [0.4, 0.5) is 0 Å². The summed E-state index contributed by atoms with van der Waals surface area (Å²) in [4.78, 5) is 174. The molecule has 4 N–H and O–H groups in total. The maximum Gasteiger partial charge on any atom is 0.246 e. The van der Waals surface area contributed by atoms with Crippen molar-refractivity contribution in [1.29, 1.82) is 0 Å². The first-order valence-electron chi connectivity index (χ1n) is 35.1. The molecule has 2 bridgehead atoms. The van der Waals surface area contributed by atoms with Crippen LogP contribution in [0, 0.1) is 40.7 Å². The van der Waals surface area contributed by atoms with Crippen LogP contribution in [0.1, 0.15) is 156 Å². The van der Waals surface area contributed by atoms with Crippen molar-refractivity contribution in [1.82, 2.24) is 55.1 Å². The van der Waals surface area contributed by atoms with Gasteiger partial charge in [-0.05, 0) is 102 Å². The van der Waals surface area contributed by atoms with Gasteiger partial charge in [-0.1, -0.05) is 95.2 Å². The van der Waals surface area contributed by atoms with E-state index in [4.69, 9.17) is 4.74 Å². The molecule has 0 spiro atoms. The second kappa shape index (κ2) is 37.4. The molecular formula is C69H122N12O16S. The van der Waals surface area contributed by atoms with Crippen molar-refractivity contribution >= 4 is 74.8 Å². The Morgan fingerprint density at radius 3 is 1.55 bits per heavy atom. The van der Waals surface area contributed by atoms with Crippen molar-refractivity contribution in [3.63, 3.8) is 0 Å². The fourth-order valence-corrected chi connectivity index (χ4v) is 15.0. The predicted molar refractivity (Wildman–Crippen MR) is 373 cm³/mol. The number of morpholine rings is 1. The van der Waals surface area contributed by atoms with E-state index in [0.717, 1.165) is 14.7 Å². The Bertz CT molecular complexity index is 2920. The minimum absolute atomic E-state index is 0.0365. The third kappa shape index (κ3) is 22.1. The standard InChI is InChI=1S/C69H122N12O16S/c1-24-26-28-45(13)58(82)57-61(85)71-49(25-2)63(87)77(21)54(39-98(95,96)34-27-29-81(94)30-32-97-33-31-81)66(90)73(17)50(35-40(3)4)60(84)72-55(43(9)10)68(92)76(20)53-38-46(14)80(67(53)91)48(16)59(83)70-47(15)62(86)74(18)51(36-41(5)6)64(88)75(19)52(37-42(7)8)65(89)78(22)56(44(11)12)69(93)79(57)23/h24,26,40-58,82H,25,27-39H2,1-23H3,(H,70,83)(H,71,85)(H,72,84)/t45-,46?,47+,48-,49-,50+,51-,52-,53-,54-,55-,56-,57-,58-/m1/s1. The molecule has 11 amide bonds. The molecule has 3 aliphatic heterocycles. The van der Waals surface area contributed by atoms with Crippen molar-refractivity contribution in [3.8, 4) is 0 Å². The Kier molecular flexibility index (Phi) is 32.8. The molecule has 28 nitrogen and oxygen atoms in total. The number of ether oxygens (including phenoxy) is 1. The summed E-state index contributed by atoms with van der Waals surface area (Å²) < 4.78 is 33.6. The maximum atomic E-state index is 15.4. The summed E-state index contributed by atoms with van der Waals surface area (Å²) >= 11 is 0. The number of aliphatic hydroxyl groups is 1. The number of nitrogens with one attached hydrogen (secondary N) is 3. The van der Waals surface area contributed by atoms with Crippen LogP contribution in [0.5, 0.6) is 0 Å². The third-order valence-electron chi connectivity index (χ3n) is 19.7. The molecule has 3 rings (SSSR count). The number of carbonyl (C=O) groups is 11. The van der Waals surface area contributed by atoms with Gasteiger partial charge in [-0.3, -0.25) is 52.7 Å². The number of rotatable bonds is 19. The highest BCUT2D eigenvalue weighted by molar-refractivity contribution is 7.91. The molecule has 0 aliphatic carbocycles. The van der Waals surface area contributed by atoms with Crippen LogP contribution in [0.15, 0.2) is 12.2 Å². The molecule has 0 radical (unpaired) electrons. The molecule has 3 fully saturated rings. The lowest BCUT2D eigenvalue weighted by molar-refractivity contribution is -0.888. The number of amides is 11. The van der Waals surface area contributed by atoms with E-state index in [2.05, 4.69) is 16.0 Å². The van der Waals surface area contributed by atoms with E-state index in [0.29, 0.717) is 0 Å². The summed E-state index contributed by atoms with van der Waals surface area (Å²) in [6.07, 6.45) is 2.08. The van der Waals surface area contributed by atoms with E-state index >= 15 is 28.8 Å². The summed E-state index contributed by atoms with van der Waals surface area (Å²) in [7, 11) is 5.07. The summed E-state index contributed by atoms with van der Waals surface area (Å²) in [6, 6.07) is -15.8. The van der Waals surface area contributed by atoms with Gasteiger partial charge in [0.25, 0.3) is 0 Å². The number of aliphatic hydroxyl groups excluding tert-OH is 1. The van der Waals surface area contributed by atoms with E-state index in [9.17, 15) is 42.7 Å². The Morgan fingerprint density at radius 2 is 1.05 bits per heavy atom. The number of hydrogen-bond donors (Lipinski definition) is 4. The van der Waals surface area contributed by atoms with Gasteiger partial charge in [0, 0.05) is 61.8 Å². The predicted octanol–water partition coefficient (Wildman–Crippen LogP) is 2.25. The van der Waals surface area contributed by atoms with Crippen molar-refractivity contribution < 1.29 is 75.6 Å². The zero-order valence-electron chi connectivity index (χ0n) is 63.0. The number of hydroxylamine groups is 3. The van der Waals surface area contributed by atoms with Crippen LogP contribution in [-0.4, -0.2) is 295 Å². The van der Waals surface area contributed by atoms with Crippen molar-refractivity contribution in [2.75, 3.05) is 93.7 Å². The molecule has 3 aliphatic rings. The number of likely N-dealkylation sites (N-methyl/N-ethyl adjacent to an activating group) is 7. The van der Waals surface area contributed by atoms with Crippen molar-refractivity contribution in [2.24, 2.45) is 35.5 Å². The molecule has 3 saturated heterocycles. The van der Waals surface area contributed by atoms with Crippen LogP contribution in [0.25, 0.3) is 0 Å². The summed E-state index contributed by atoms with van der Waals surface area (Å²) in [5.74, 6) is -12.8. The second-order valence-electron chi connectivity index (χ2n) is 29.8. The van der Waals surface area contributed by atoms with E-state index in [1.807, 2.05) is 27.7 Å². The minimum Gasteiger partial charge on any atom is -0.633 e. The van der Waals surface area contributed by atoms with Gasteiger partial charge in [0.1, 0.15) is 79.5 Å². The van der Waals surface area contributed by atoms with Gasteiger partial charge < -0.3 is 74.8 Å². The fourth-order valence-electron chi connectivity index (χ4n) is 13.5. The molecule has 3 heterocycles. The van der Waals surface area contributed by atoms with Crippen LogP contribution >= 0.6 is 0 Å². The van der Waals surface area contributed by atoms with Gasteiger partial charge in [-0.25, -0.2) is 8.42 Å². The van der Waals surface area contributed by atoms with Gasteiger partial charge in [-0.15, -0.1) is 0 Å². The van der Waals surface area contributed by atoms with Crippen molar-refractivity contribution in [3.05, 3.63) is 17.4 Å². The molecule has 0 saturated carbocycles. The first-order chi connectivity index (χ1) is 45.3. The van der Waals surface area contributed by atoms with E-state index in [-0.39, 0.29) is 95.5 Å². The zero-order valence-corrected chi connectivity index (χ0v) is 63.8. The van der Waals surface area contributed by atoms with E-state index in [1.165, 1.54) is 87.7 Å². The van der Waals surface area contributed by atoms with E-state index in [1.54, 1.807) is 81.4 Å². The molecular weight excluding hydrogens is 1280 g/mol. The molecule has 1 unspecified atom stereocenters. The lowest BCUT2D eigenvalue weighted by Gasteiger charge is -2.45. The molecule has 0 aromatic heterocycles. The monoisotopic (exact) mass is 1410 g/mol. The van der Waals surface area contributed by atoms with Crippen molar-refractivity contribution in [2.45, 2.75) is 234 Å². The lowest BCUT2D eigenvalue weighted by Crippen LogP contribution is -2.64. The minimum atomic E-state index is -4.36. The van der Waals surface area contributed by atoms with Crippen LogP contribution in [-0.2, 0) is 67.3 Å². The molecule has 29 heteroatoms. The summed E-state index contributed by atoms with van der Waals surface area (Å²) in [5.41, 5.74) is 0. The molecule has 14 atom stereocenters. The number of sulfone groups is 1. The zero-order chi connectivity index (χ0) is 75.1. The quantitative estimate of drug-likeness (QED) is 0.0819. The van der Waals surface area contributed by atoms with Crippen LogP contribution in [0.2, 0.25) is 0 Å². The van der Waals surface area contributed by atoms with Gasteiger partial charge in [0.05, 0.1) is 37.4 Å². The maximum absolute atomic E-state index is 15.4. The van der Waals surface area contributed by atoms with Crippen LogP contribution in [0.3, 0.4) is 0 Å². The number of nitrogens with zero attached hydrogens (tertiary/aromatic N) is 9. The fraction of sp³-hybridized carbons (Fsp3) is 0.812. The Labute approximate surface area is 584 Å². The smallest absolute Gasteiger partial charge is 0.246 e. The van der Waals surface area contributed by atoms with Crippen LogP contribution < -0.4 is 16.0 Å². The first kappa shape index (κ1) is 85.9. The third-order valence-corrected chi connectivity index (χ3v) is 21.5. The normalized spacial score (nSPS) is 28.6. The molecule has 0 aromatic carbocycles. The number of carbonyl (C=O) groups excluding carboxylic acids is 11. The average Bonchev–Trinajstić information content (AvgIpc) is 1.46. The molecule has 98 heavy (non-hydrogen) atoms. The van der Waals surface area contributed by atoms with Gasteiger partial charge >= 0.3 is 0 Å². The largest absolute Gasteiger partial charge is 0.633 e. The number of fused-ring (bicyclic) bond motifs is 2. The first-order valence-corrected chi connectivity index (χ1v) is 36.9. The van der Waals surface area contributed by atoms with Gasteiger partial charge in [0.15, 0.2) is 9.84 Å². The second-order valence-corrected chi connectivity index (χ2v) is 32.0. The van der Waals surface area contributed by atoms with Gasteiger partial charge in [0.2, 0.25) is 65.0 Å². The average molecular weight is 1410 g/mol. The highest BCUT2D eigenvalue weighted by Crippen LogP contribution is 2.29. The summed E-state index contributed by atoms with van der Waals surface area (Å²) in [6.45, 7) is 27.8. The number of allylic oxidation sites excluding steroid dienone is 2. The molecule has 560 valence electrons. The Balaban J connectivity index is 2.41. The topological polar surface area (TPSA) is 336 Å². The Hall–Kier alpha value is -6.30. The number of quaternary nitrogens is 1. The SMILES string of the molecule is CC=CC[C@@H](C)[C@@H](O)[C@@H]1C(=O)N[C@H](CC)C(=O)N(C)[C@H](CS(=O)(=O)CCC[N+]2([O-])CCOCC2)C(=O)N(C)[C@@H](CC(C)C)C(=O)N[C@H](C(C)C)C(=O)N(C)[C@@H]2CC(C)N(C2=O)[C@H](C)C(=O)N[C@@H](C)C(=O)N(C)[C@H](CC(C)C)C(=O)N(C)[C@H](CC(C)C)C(=O)N(C)[C@H](C(C)C)C(=O)N1C. The summed E-state index contributed by atoms with van der Waals surface area (Å²) in [5, 5.41) is 34.1. The highest BCUT2D eigenvalue weighted by atomic mass is 32.2. The van der Waals surface area contributed by atoms with E-state index < -0.39 is 187 Å². The van der Waals surface area contributed by atoms with Gasteiger partial charge in [-0.2, -0.15) is 0 Å². The lowest BCUT2D eigenvalue weighted by atomic mass is 9.91.